The standard InChI is InChI=1S/C12H12OS/c1-3-5-9(4-2)11-8-10(14)6-7-12(11)13/h3-8,13-14H,1-2H2/b9-5+. The summed E-state index contributed by atoms with van der Waals surface area (Å²) >= 11 is 4.20. The van der Waals surface area contributed by atoms with E-state index in [4.69, 9.17) is 0 Å². The Hall–Kier alpha value is -1.41. The van der Waals surface area contributed by atoms with Gasteiger partial charge in [-0.2, -0.15) is 0 Å². The molecule has 0 radical (unpaired) electrons. The highest BCUT2D eigenvalue weighted by atomic mass is 32.1. The summed E-state index contributed by atoms with van der Waals surface area (Å²) < 4.78 is 0. The van der Waals surface area contributed by atoms with Crippen molar-refractivity contribution in [3.8, 4) is 5.75 Å². The highest BCUT2D eigenvalue weighted by molar-refractivity contribution is 7.80. The van der Waals surface area contributed by atoms with Crippen LogP contribution in [0.2, 0.25) is 0 Å². The second-order valence-electron chi connectivity index (χ2n) is 2.76. The monoisotopic (exact) mass is 204 g/mol. The van der Waals surface area contributed by atoms with Crippen molar-refractivity contribution in [2.24, 2.45) is 0 Å². The first-order valence-corrected chi connectivity index (χ1v) is 4.61. The maximum Gasteiger partial charge on any atom is 0.123 e. The van der Waals surface area contributed by atoms with Crippen LogP contribution in [0, 0.1) is 0 Å². The number of rotatable bonds is 3. The van der Waals surface area contributed by atoms with Gasteiger partial charge in [0, 0.05) is 10.5 Å². The van der Waals surface area contributed by atoms with Crippen LogP contribution in [0.25, 0.3) is 5.57 Å². The number of allylic oxidation sites excluding steroid dienone is 4. The molecule has 0 atom stereocenters. The minimum absolute atomic E-state index is 0.218. The van der Waals surface area contributed by atoms with E-state index in [2.05, 4.69) is 25.8 Å². The number of thiol groups is 1. The van der Waals surface area contributed by atoms with Crippen molar-refractivity contribution in [1.82, 2.24) is 0 Å². The van der Waals surface area contributed by atoms with E-state index in [0.29, 0.717) is 5.56 Å². The topological polar surface area (TPSA) is 20.2 Å². The molecule has 0 saturated heterocycles. The SMILES string of the molecule is C=C/C=C(\C=C)c1cc(S)ccc1O. The molecule has 1 aromatic carbocycles. The number of aromatic hydroxyl groups is 1. The summed E-state index contributed by atoms with van der Waals surface area (Å²) in [6, 6.07) is 5.13. The Morgan fingerprint density at radius 1 is 1.36 bits per heavy atom. The van der Waals surface area contributed by atoms with Crippen molar-refractivity contribution in [2.75, 3.05) is 0 Å². The molecule has 0 bridgehead atoms. The van der Waals surface area contributed by atoms with Crippen LogP contribution in [0.3, 0.4) is 0 Å². The van der Waals surface area contributed by atoms with E-state index < -0.39 is 0 Å². The molecule has 0 spiro atoms. The van der Waals surface area contributed by atoms with Crippen molar-refractivity contribution in [3.63, 3.8) is 0 Å². The van der Waals surface area contributed by atoms with E-state index in [1.54, 1.807) is 36.4 Å². The summed E-state index contributed by atoms with van der Waals surface area (Å²) in [6.07, 6.45) is 5.11. The third kappa shape index (κ3) is 2.30. The molecule has 1 aromatic rings. The van der Waals surface area contributed by atoms with E-state index in [1.807, 2.05) is 0 Å². The third-order valence-corrected chi connectivity index (χ3v) is 2.09. The average Bonchev–Trinajstić information content (AvgIpc) is 2.18. The zero-order valence-electron chi connectivity index (χ0n) is 7.77. The van der Waals surface area contributed by atoms with Crippen LogP contribution in [0.5, 0.6) is 5.75 Å². The van der Waals surface area contributed by atoms with Crippen LogP contribution in [-0.4, -0.2) is 5.11 Å². The molecule has 14 heavy (non-hydrogen) atoms. The average molecular weight is 204 g/mol. The Morgan fingerprint density at radius 2 is 2.07 bits per heavy atom. The molecule has 0 aliphatic rings. The quantitative estimate of drug-likeness (QED) is 0.571. The normalized spacial score (nSPS) is 11.1. The summed E-state index contributed by atoms with van der Waals surface area (Å²) in [5.41, 5.74) is 1.54. The minimum Gasteiger partial charge on any atom is -0.507 e. The van der Waals surface area contributed by atoms with E-state index in [9.17, 15) is 5.11 Å². The molecule has 0 aliphatic carbocycles. The van der Waals surface area contributed by atoms with E-state index >= 15 is 0 Å². The molecule has 1 rings (SSSR count). The number of hydrogen-bond donors (Lipinski definition) is 2. The van der Waals surface area contributed by atoms with Gasteiger partial charge in [0.25, 0.3) is 0 Å². The number of phenolic OH excluding ortho intramolecular Hbond substituents is 1. The van der Waals surface area contributed by atoms with Crippen LogP contribution in [0.15, 0.2) is 54.5 Å². The highest BCUT2D eigenvalue weighted by Gasteiger charge is 2.03. The Morgan fingerprint density at radius 3 is 2.64 bits per heavy atom. The molecule has 0 fully saturated rings. The molecule has 0 aromatic heterocycles. The predicted octanol–water partition coefficient (Wildman–Crippen LogP) is 3.44. The van der Waals surface area contributed by atoms with Crippen molar-refractivity contribution in [1.29, 1.82) is 0 Å². The van der Waals surface area contributed by atoms with Gasteiger partial charge in [0.1, 0.15) is 5.75 Å². The Kier molecular flexibility index (Phi) is 3.60. The van der Waals surface area contributed by atoms with Crippen molar-refractivity contribution in [3.05, 3.63) is 55.1 Å². The molecule has 1 N–H and O–H groups in total. The van der Waals surface area contributed by atoms with Crippen LogP contribution in [0.4, 0.5) is 0 Å². The van der Waals surface area contributed by atoms with Crippen molar-refractivity contribution >= 4 is 18.2 Å². The fourth-order valence-corrected chi connectivity index (χ4v) is 1.35. The lowest BCUT2D eigenvalue weighted by molar-refractivity contribution is 0.473. The van der Waals surface area contributed by atoms with Crippen molar-refractivity contribution < 1.29 is 5.11 Å². The fourth-order valence-electron chi connectivity index (χ4n) is 1.15. The summed E-state index contributed by atoms with van der Waals surface area (Å²) in [7, 11) is 0. The lowest BCUT2D eigenvalue weighted by Crippen LogP contribution is -1.82. The fraction of sp³-hybridized carbons (Fsp3) is 0. The van der Waals surface area contributed by atoms with Crippen LogP contribution in [-0.2, 0) is 0 Å². The third-order valence-electron chi connectivity index (χ3n) is 1.81. The van der Waals surface area contributed by atoms with E-state index in [-0.39, 0.29) is 5.75 Å². The van der Waals surface area contributed by atoms with Gasteiger partial charge in [-0.25, -0.2) is 0 Å². The summed E-state index contributed by atoms with van der Waals surface area (Å²) in [5.74, 6) is 0.218. The molecule has 0 unspecified atom stereocenters. The van der Waals surface area contributed by atoms with Gasteiger partial charge in [0.15, 0.2) is 0 Å². The van der Waals surface area contributed by atoms with Gasteiger partial charge in [0.05, 0.1) is 0 Å². The Bertz CT molecular complexity index is 391. The van der Waals surface area contributed by atoms with Gasteiger partial charge < -0.3 is 5.11 Å². The number of phenols is 1. The Labute approximate surface area is 89.5 Å². The lowest BCUT2D eigenvalue weighted by atomic mass is 10.0. The summed E-state index contributed by atoms with van der Waals surface area (Å²) in [5, 5.41) is 9.61. The summed E-state index contributed by atoms with van der Waals surface area (Å²) in [4.78, 5) is 0.801. The van der Waals surface area contributed by atoms with Gasteiger partial charge in [0.2, 0.25) is 0 Å². The van der Waals surface area contributed by atoms with Crippen LogP contribution >= 0.6 is 12.6 Å². The molecule has 2 heteroatoms. The smallest absolute Gasteiger partial charge is 0.123 e. The van der Waals surface area contributed by atoms with Gasteiger partial charge in [-0.15, -0.1) is 12.6 Å². The second-order valence-corrected chi connectivity index (χ2v) is 3.28. The van der Waals surface area contributed by atoms with Gasteiger partial charge in [-0.3, -0.25) is 0 Å². The molecule has 0 saturated carbocycles. The lowest BCUT2D eigenvalue weighted by Gasteiger charge is -2.05. The first kappa shape index (κ1) is 10.7. The van der Waals surface area contributed by atoms with E-state index in [1.165, 1.54) is 0 Å². The number of hydrogen-bond acceptors (Lipinski definition) is 2. The minimum atomic E-state index is 0.218. The van der Waals surface area contributed by atoms with Crippen LogP contribution in [0.1, 0.15) is 5.56 Å². The molecule has 0 amide bonds. The van der Waals surface area contributed by atoms with Gasteiger partial charge >= 0.3 is 0 Å². The first-order valence-electron chi connectivity index (χ1n) is 4.16. The molecule has 1 nitrogen and oxygen atoms in total. The van der Waals surface area contributed by atoms with Crippen molar-refractivity contribution in [2.45, 2.75) is 4.90 Å². The molecule has 0 heterocycles. The predicted molar refractivity (Wildman–Crippen MR) is 63.7 cm³/mol. The largest absolute Gasteiger partial charge is 0.507 e. The van der Waals surface area contributed by atoms with Crippen LogP contribution < -0.4 is 0 Å². The molecule has 0 aliphatic heterocycles. The van der Waals surface area contributed by atoms with Gasteiger partial charge in [-0.05, 0) is 23.8 Å². The zero-order valence-corrected chi connectivity index (χ0v) is 8.67. The van der Waals surface area contributed by atoms with E-state index in [0.717, 1.165) is 10.5 Å². The Balaban J connectivity index is 3.28. The summed E-state index contributed by atoms with van der Waals surface area (Å²) in [6.45, 7) is 7.28. The maximum atomic E-state index is 9.61. The highest BCUT2D eigenvalue weighted by Crippen LogP contribution is 2.28. The van der Waals surface area contributed by atoms with Gasteiger partial charge in [-0.1, -0.05) is 31.4 Å². The molecular formula is C12H12OS. The second kappa shape index (κ2) is 4.72. The molecule has 72 valence electrons. The number of benzene rings is 1. The maximum absolute atomic E-state index is 9.61. The molecular weight excluding hydrogens is 192 g/mol. The first-order chi connectivity index (χ1) is 6.69. The zero-order chi connectivity index (χ0) is 10.6.